The first-order valence-electron chi connectivity index (χ1n) is 19.3. The molecule has 19 heteroatoms. The average Bonchev–Trinajstić information content (AvgIpc) is 3.40. The smallest absolute Gasteiger partial charge is 0.418 e. The molecule has 3 aliphatic heterocycles. The molecule has 0 spiro atoms. The van der Waals surface area contributed by atoms with Gasteiger partial charge in [0.25, 0.3) is 5.91 Å². The van der Waals surface area contributed by atoms with Crippen LogP contribution in [-0.2, 0) is 42.8 Å². The number of amides is 4. The third-order valence-electron chi connectivity index (χ3n) is 10.5. The molecule has 3 aliphatic rings. The topological polar surface area (TPSA) is 169 Å². The summed E-state index contributed by atoms with van der Waals surface area (Å²) in [5.41, 5.74) is 5.92. The number of urea groups is 1. The zero-order valence-electron chi connectivity index (χ0n) is 32.5. The average molecular weight is 846 g/mol. The van der Waals surface area contributed by atoms with E-state index in [4.69, 9.17) is 36.3 Å². The van der Waals surface area contributed by atoms with Gasteiger partial charge in [-0.25, -0.2) is 19.4 Å². The Bertz CT molecular complexity index is 1960. The highest BCUT2D eigenvalue weighted by atomic mass is 35.5. The number of nitrogen functional groups attached to an aromatic ring is 1. The Morgan fingerprint density at radius 3 is 2.37 bits per heavy atom. The molecule has 2 saturated heterocycles. The van der Waals surface area contributed by atoms with Crippen molar-refractivity contribution in [3.05, 3.63) is 82.0 Å². The monoisotopic (exact) mass is 845 g/mol. The Morgan fingerprint density at radius 1 is 0.949 bits per heavy atom. The Balaban J connectivity index is 1.08. The molecule has 2 aromatic carbocycles. The Labute approximate surface area is 344 Å². The first kappa shape index (κ1) is 43.3. The lowest BCUT2D eigenvalue weighted by atomic mass is 10.0. The molecular weight excluding hydrogens is 799 g/mol. The zero-order valence-corrected chi connectivity index (χ0v) is 33.3. The van der Waals surface area contributed by atoms with Crippen LogP contribution in [0.2, 0.25) is 5.02 Å². The molecule has 318 valence electrons. The molecular formula is C40H47ClF3N7O8. The molecule has 6 rings (SSSR count). The number of esters is 1. The van der Waals surface area contributed by atoms with Crippen LogP contribution in [0.4, 0.5) is 40.0 Å². The van der Waals surface area contributed by atoms with Gasteiger partial charge in [-0.2, -0.15) is 13.2 Å². The van der Waals surface area contributed by atoms with Gasteiger partial charge in [0.1, 0.15) is 12.4 Å². The number of ether oxygens (including phenoxy) is 4. The van der Waals surface area contributed by atoms with E-state index in [0.717, 1.165) is 17.3 Å². The summed E-state index contributed by atoms with van der Waals surface area (Å²) in [6.45, 7) is 3.11. The highest BCUT2D eigenvalue weighted by Gasteiger charge is 2.38. The van der Waals surface area contributed by atoms with E-state index in [1.54, 1.807) is 24.1 Å². The van der Waals surface area contributed by atoms with Crippen molar-refractivity contribution in [2.75, 3.05) is 95.3 Å². The van der Waals surface area contributed by atoms with Gasteiger partial charge in [-0.3, -0.25) is 4.79 Å². The number of anilines is 3. The fourth-order valence-corrected chi connectivity index (χ4v) is 7.53. The standard InChI is InChI=1S/C40H47ClF3N7O8/c1-56-18-19-57-20-21-58-37(53)28-6-7-34(46-25-28)48-14-16-49(17-15-48)36(52)33(24-26-22-30(40(42,43)44)35(45)31(41)23-26)59-39(55)50-11-9-29(10-12-50)51-13-8-27-4-2-3-5-32(27)47-38(51)54/h2-7,22-23,25,29,33H,8-21,24,45H2,1H3,(H,47,54)/t33-/m1/s1. The van der Waals surface area contributed by atoms with Gasteiger partial charge in [0, 0.05) is 77.3 Å². The SMILES string of the molecule is COCCOCCOC(=O)c1ccc(N2CCN(C(=O)[C@@H](Cc3cc(Cl)c(N)c(C(F)(F)F)c3)OC(=O)N3CCC(N4CCc5ccccc5NC4=O)CC3)CC2)nc1. The van der Waals surface area contributed by atoms with Crippen molar-refractivity contribution in [1.29, 1.82) is 0 Å². The number of carbonyl (C=O) groups excluding carboxylic acids is 4. The third-order valence-corrected chi connectivity index (χ3v) is 10.8. The van der Waals surface area contributed by atoms with Gasteiger partial charge in [-0.15, -0.1) is 0 Å². The largest absolute Gasteiger partial charge is 0.460 e. The Hall–Kier alpha value is -5.33. The number of piperazine rings is 1. The maximum atomic E-state index is 14.1. The summed E-state index contributed by atoms with van der Waals surface area (Å²) in [5, 5.41) is 2.62. The highest BCUT2D eigenvalue weighted by Crippen LogP contribution is 2.38. The van der Waals surface area contributed by atoms with Crippen molar-refractivity contribution < 1.29 is 51.3 Å². The summed E-state index contributed by atoms with van der Waals surface area (Å²) >= 11 is 6.12. The summed E-state index contributed by atoms with van der Waals surface area (Å²) < 4.78 is 62.9. The summed E-state index contributed by atoms with van der Waals surface area (Å²) in [6.07, 6.45) is -4.51. The number of halogens is 4. The molecule has 0 radical (unpaired) electrons. The van der Waals surface area contributed by atoms with Gasteiger partial charge in [-0.1, -0.05) is 29.8 Å². The van der Waals surface area contributed by atoms with E-state index in [0.29, 0.717) is 57.9 Å². The first-order valence-corrected chi connectivity index (χ1v) is 19.7. The van der Waals surface area contributed by atoms with Crippen LogP contribution in [-0.4, -0.2) is 135 Å². The normalized spacial score (nSPS) is 16.9. The summed E-state index contributed by atoms with van der Waals surface area (Å²) in [7, 11) is 1.56. The molecule has 1 aromatic heterocycles. The second-order valence-electron chi connectivity index (χ2n) is 14.3. The number of hydrogen-bond donors (Lipinski definition) is 2. The van der Waals surface area contributed by atoms with Crippen LogP contribution >= 0.6 is 11.6 Å². The third kappa shape index (κ3) is 11.0. The first-order chi connectivity index (χ1) is 28.3. The number of fused-ring (bicyclic) bond motifs is 1. The molecule has 0 unspecified atom stereocenters. The molecule has 4 amide bonds. The molecule has 4 heterocycles. The number of nitrogens with two attached hydrogens (primary N) is 1. The minimum atomic E-state index is -4.82. The van der Waals surface area contributed by atoms with E-state index in [-0.39, 0.29) is 67.6 Å². The van der Waals surface area contributed by atoms with Crippen LogP contribution in [0.3, 0.4) is 0 Å². The molecule has 15 nitrogen and oxygen atoms in total. The van der Waals surface area contributed by atoms with Crippen LogP contribution in [0.1, 0.15) is 39.9 Å². The predicted molar refractivity (Wildman–Crippen MR) is 211 cm³/mol. The van der Waals surface area contributed by atoms with Crippen molar-refractivity contribution in [3.8, 4) is 0 Å². The predicted octanol–water partition coefficient (Wildman–Crippen LogP) is 5.11. The van der Waals surface area contributed by atoms with Crippen LogP contribution in [0.5, 0.6) is 0 Å². The molecule has 2 fully saturated rings. The van der Waals surface area contributed by atoms with Crippen LogP contribution in [0, 0.1) is 0 Å². The number of likely N-dealkylation sites (tertiary alicyclic amines) is 1. The van der Waals surface area contributed by atoms with Gasteiger partial charge in [0.15, 0.2) is 6.10 Å². The number of nitrogens with one attached hydrogen (secondary N) is 1. The van der Waals surface area contributed by atoms with Gasteiger partial charge in [-0.05, 0) is 60.7 Å². The molecule has 59 heavy (non-hydrogen) atoms. The van der Waals surface area contributed by atoms with E-state index in [1.807, 2.05) is 29.2 Å². The fourth-order valence-electron chi connectivity index (χ4n) is 7.29. The van der Waals surface area contributed by atoms with E-state index in [2.05, 4.69) is 10.3 Å². The lowest BCUT2D eigenvalue weighted by Crippen LogP contribution is -2.54. The summed E-state index contributed by atoms with van der Waals surface area (Å²) in [5.74, 6) is -0.588. The second kappa shape index (κ2) is 19.6. The number of piperidine rings is 1. The van der Waals surface area contributed by atoms with E-state index >= 15 is 0 Å². The zero-order chi connectivity index (χ0) is 42.1. The molecule has 1 atom stereocenters. The molecule has 0 saturated carbocycles. The maximum Gasteiger partial charge on any atom is 0.418 e. The number of pyridine rings is 1. The van der Waals surface area contributed by atoms with Gasteiger partial charge in [0.2, 0.25) is 0 Å². The van der Waals surface area contributed by atoms with Gasteiger partial charge < -0.3 is 49.6 Å². The number of benzene rings is 2. The fraction of sp³-hybridized carbons (Fsp3) is 0.475. The van der Waals surface area contributed by atoms with E-state index in [1.165, 1.54) is 22.1 Å². The molecule has 0 bridgehead atoms. The minimum absolute atomic E-state index is 0.00891. The van der Waals surface area contributed by atoms with Crippen LogP contribution in [0.15, 0.2) is 54.7 Å². The van der Waals surface area contributed by atoms with E-state index in [9.17, 15) is 32.3 Å². The number of nitrogens with zero attached hydrogens (tertiary/aromatic N) is 5. The van der Waals surface area contributed by atoms with Gasteiger partial charge >= 0.3 is 24.3 Å². The van der Waals surface area contributed by atoms with E-state index < -0.39 is 47.9 Å². The Kier molecular flexibility index (Phi) is 14.4. The second-order valence-corrected chi connectivity index (χ2v) is 14.7. The number of rotatable bonds is 13. The molecule has 0 aliphatic carbocycles. The maximum absolute atomic E-state index is 14.1. The number of aromatic nitrogens is 1. The van der Waals surface area contributed by atoms with Crippen molar-refractivity contribution in [2.45, 2.75) is 44.0 Å². The lowest BCUT2D eigenvalue weighted by Gasteiger charge is -2.39. The number of para-hydroxylation sites is 1. The van der Waals surface area contributed by atoms with Crippen molar-refractivity contribution in [2.24, 2.45) is 0 Å². The van der Waals surface area contributed by atoms with Gasteiger partial charge in [0.05, 0.1) is 41.7 Å². The number of alkyl halides is 3. The van der Waals surface area contributed by atoms with Crippen molar-refractivity contribution >= 4 is 52.8 Å². The number of methoxy groups -OCH3 is 1. The molecule has 3 aromatic rings. The number of carbonyl (C=O) groups is 4. The summed E-state index contributed by atoms with van der Waals surface area (Å²) in [4.78, 5) is 64.3. The van der Waals surface area contributed by atoms with Crippen molar-refractivity contribution in [3.63, 3.8) is 0 Å². The van der Waals surface area contributed by atoms with Crippen LogP contribution < -0.4 is 16.0 Å². The Morgan fingerprint density at radius 2 is 1.68 bits per heavy atom. The lowest BCUT2D eigenvalue weighted by molar-refractivity contribution is -0.141. The minimum Gasteiger partial charge on any atom is -0.460 e. The molecule has 3 N–H and O–H groups in total. The quantitative estimate of drug-likeness (QED) is 0.133. The van der Waals surface area contributed by atoms with Crippen LogP contribution in [0.25, 0.3) is 0 Å². The van der Waals surface area contributed by atoms with Crippen molar-refractivity contribution in [1.82, 2.24) is 19.7 Å². The summed E-state index contributed by atoms with van der Waals surface area (Å²) in [6, 6.07) is 12.5. The number of hydrogen-bond acceptors (Lipinski definition) is 11. The highest BCUT2D eigenvalue weighted by molar-refractivity contribution is 6.33.